The van der Waals surface area contributed by atoms with Crippen LogP contribution in [0.2, 0.25) is 0 Å². The minimum absolute atomic E-state index is 0.0618. The fraction of sp³-hybridized carbons (Fsp3) is 0.286. The van der Waals surface area contributed by atoms with Gasteiger partial charge in [-0.15, -0.1) is 0 Å². The van der Waals surface area contributed by atoms with Crippen molar-refractivity contribution in [1.29, 1.82) is 0 Å². The largest absolute Gasteiger partial charge is 0.353 e. The summed E-state index contributed by atoms with van der Waals surface area (Å²) < 4.78 is 29.5. The van der Waals surface area contributed by atoms with E-state index in [0.717, 1.165) is 46.9 Å². The topological polar surface area (TPSA) is 46.9 Å². The summed E-state index contributed by atoms with van der Waals surface area (Å²) >= 11 is 0. The van der Waals surface area contributed by atoms with Crippen LogP contribution in [0.15, 0.2) is 60.8 Å². The average molecular weight is 460 g/mol. The van der Waals surface area contributed by atoms with Crippen LogP contribution in [0.3, 0.4) is 0 Å². The Balaban J connectivity index is 1.59. The highest BCUT2D eigenvalue weighted by atomic mass is 19.1. The molecule has 1 N–H and O–H groups in total. The molecule has 1 unspecified atom stereocenters. The lowest BCUT2D eigenvalue weighted by molar-refractivity contribution is -0.124. The van der Waals surface area contributed by atoms with Gasteiger partial charge in [0.25, 0.3) is 0 Å². The van der Waals surface area contributed by atoms with Gasteiger partial charge in [0.05, 0.1) is 0 Å². The maximum atomic E-state index is 13.9. The van der Waals surface area contributed by atoms with Crippen LogP contribution in [-0.2, 0) is 24.2 Å². The number of rotatable bonds is 5. The molecule has 2 aromatic carbocycles. The van der Waals surface area contributed by atoms with E-state index in [-0.39, 0.29) is 23.7 Å². The van der Waals surface area contributed by atoms with Gasteiger partial charge in [-0.1, -0.05) is 32.0 Å². The van der Waals surface area contributed by atoms with Crippen LogP contribution in [0.25, 0.3) is 22.0 Å². The van der Waals surface area contributed by atoms with E-state index < -0.39 is 5.95 Å². The zero-order valence-electron chi connectivity index (χ0n) is 19.3. The maximum Gasteiger partial charge on any atom is 0.222 e. The van der Waals surface area contributed by atoms with Gasteiger partial charge in [0.15, 0.2) is 0 Å². The minimum atomic E-state index is -0.507. The summed E-state index contributed by atoms with van der Waals surface area (Å²) in [5, 5.41) is 4.30. The number of carbonyl (C=O) groups is 1. The van der Waals surface area contributed by atoms with Gasteiger partial charge in [0, 0.05) is 46.9 Å². The molecule has 4 nitrogen and oxygen atoms in total. The van der Waals surface area contributed by atoms with Gasteiger partial charge in [-0.25, -0.2) is 9.37 Å². The number of nitrogens with zero attached hydrogens (tertiary/aromatic N) is 2. The zero-order valence-corrected chi connectivity index (χ0v) is 19.3. The highest BCUT2D eigenvalue weighted by Crippen LogP contribution is 2.35. The summed E-state index contributed by atoms with van der Waals surface area (Å²) in [7, 11) is 0. The molecule has 2 heterocycles. The van der Waals surface area contributed by atoms with Gasteiger partial charge in [0.1, 0.15) is 5.82 Å². The van der Waals surface area contributed by atoms with Gasteiger partial charge in [-0.3, -0.25) is 4.79 Å². The minimum Gasteiger partial charge on any atom is -0.353 e. The van der Waals surface area contributed by atoms with Gasteiger partial charge in [-0.05, 0) is 72.4 Å². The molecule has 1 amide bonds. The number of fused-ring (bicyclic) bond motifs is 3. The molecule has 2 aromatic heterocycles. The van der Waals surface area contributed by atoms with Crippen molar-refractivity contribution in [3.8, 4) is 11.1 Å². The number of hydrogen-bond acceptors (Lipinski definition) is 2. The molecule has 0 aliphatic heterocycles. The van der Waals surface area contributed by atoms with Crippen molar-refractivity contribution in [3.63, 3.8) is 0 Å². The number of benzene rings is 2. The Kier molecular flexibility index (Phi) is 5.90. The van der Waals surface area contributed by atoms with Gasteiger partial charge < -0.3 is 9.88 Å². The van der Waals surface area contributed by atoms with Crippen LogP contribution in [0.5, 0.6) is 0 Å². The molecule has 0 saturated carbocycles. The third-order valence-electron chi connectivity index (χ3n) is 6.63. The molecule has 0 radical (unpaired) electrons. The summed E-state index contributed by atoms with van der Waals surface area (Å²) in [4.78, 5) is 16.1. The molecule has 0 spiro atoms. The van der Waals surface area contributed by atoms with Crippen LogP contribution in [0, 0.1) is 17.7 Å². The molecule has 1 atom stereocenters. The second kappa shape index (κ2) is 9.01. The highest BCUT2D eigenvalue weighted by molar-refractivity contribution is 5.90. The third-order valence-corrected chi connectivity index (χ3v) is 6.63. The van der Waals surface area contributed by atoms with E-state index in [1.54, 1.807) is 24.4 Å². The Labute approximate surface area is 197 Å². The number of aromatic nitrogens is 2. The predicted octanol–water partition coefficient (Wildman–Crippen LogP) is 5.66. The number of pyridine rings is 1. The smallest absolute Gasteiger partial charge is 0.222 e. The van der Waals surface area contributed by atoms with Crippen molar-refractivity contribution >= 4 is 16.8 Å². The number of nitrogens with one attached hydrogen (secondary N) is 1. The van der Waals surface area contributed by atoms with E-state index in [4.69, 9.17) is 0 Å². The molecule has 0 saturated heterocycles. The second-order valence-electron chi connectivity index (χ2n) is 9.35. The van der Waals surface area contributed by atoms with Crippen molar-refractivity contribution in [2.75, 3.05) is 0 Å². The molecule has 0 bridgehead atoms. The number of amides is 1. The molecule has 1 aliphatic rings. The molecule has 6 heteroatoms. The fourth-order valence-electron chi connectivity index (χ4n) is 4.87. The van der Waals surface area contributed by atoms with Crippen LogP contribution in [0.1, 0.15) is 37.1 Å². The molecule has 4 aromatic rings. The summed E-state index contributed by atoms with van der Waals surface area (Å²) in [6.45, 7) is 4.37. The summed E-state index contributed by atoms with van der Waals surface area (Å²) in [6.07, 6.45) is 3.97. The third kappa shape index (κ3) is 4.32. The Bertz CT molecular complexity index is 1360. The van der Waals surface area contributed by atoms with Gasteiger partial charge >= 0.3 is 0 Å². The monoisotopic (exact) mass is 459 g/mol. The highest BCUT2D eigenvalue weighted by Gasteiger charge is 2.27. The van der Waals surface area contributed by atoms with Crippen molar-refractivity contribution in [2.24, 2.45) is 5.92 Å². The molecule has 0 fully saturated rings. The molecule has 1 aliphatic carbocycles. The Morgan fingerprint density at radius 3 is 2.68 bits per heavy atom. The van der Waals surface area contributed by atoms with Crippen LogP contribution in [0.4, 0.5) is 8.78 Å². The van der Waals surface area contributed by atoms with E-state index in [9.17, 15) is 13.6 Å². The summed E-state index contributed by atoms with van der Waals surface area (Å²) in [5.74, 6) is -0.749. The molecule has 5 rings (SSSR count). The Morgan fingerprint density at radius 2 is 1.94 bits per heavy atom. The van der Waals surface area contributed by atoms with Gasteiger partial charge in [0.2, 0.25) is 11.9 Å². The first-order valence-electron chi connectivity index (χ1n) is 11.7. The predicted molar refractivity (Wildman–Crippen MR) is 129 cm³/mol. The fourth-order valence-corrected chi connectivity index (χ4v) is 4.87. The Morgan fingerprint density at radius 1 is 1.12 bits per heavy atom. The lowest BCUT2D eigenvalue weighted by atomic mass is 9.90. The number of hydrogen-bond donors (Lipinski definition) is 1. The normalized spacial score (nSPS) is 15.5. The molecular weight excluding hydrogens is 432 g/mol. The number of carbonyl (C=O) groups excluding carboxylic acids is 1. The van der Waals surface area contributed by atoms with E-state index in [1.807, 2.05) is 26.0 Å². The van der Waals surface area contributed by atoms with Crippen LogP contribution < -0.4 is 5.32 Å². The van der Waals surface area contributed by atoms with Gasteiger partial charge in [-0.2, -0.15) is 4.39 Å². The van der Waals surface area contributed by atoms with E-state index >= 15 is 0 Å². The lowest BCUT2D eigenvalue weighted by Crippen LogP contribution is -2.41. The van der Waals surface area contributed by atoms with E-state index in [2.05, 4.69) is 27.0 Å². The maximum absolute atomic E-state index is 13.9. The quantitative estimate of drug-likeness (QED) is 0.392. The van der Waals surface area contributed by atoms with Crippen molar-refractivity contribution in [1.82, 2.24) is 14.9 Å². The average Bonchev–Trinajstić information content (AvgIpc) is 3.12. The molecule has 174 valence electrons. The number of halogens is 2. The van der Waals surface area contributed by atoms with Crippen LogP contribution in [-0.4, -0.2) is 21.5 Å². The van der Waals surface area contributed by atoms with Crippen LogP contribution >= 0.6 is 0 Å². The van der Waals surface area contributed by atoms with E-state index in [1.165, 1.54) is 23.4 Å². The summed E-state index contributed by atoms with van der Waals surface area (Å²) in [5.41, 5.74) is 6.22. The first-order chi connectivity index (χ1) is 16.4. The summed E-state index contributed by atoms with van der Waals surface area (Å²) in [6, 6.07) is 16.1. The van der Waals surface area contributed by atoms with Crippen molar-refractivity contribution in [3.05, 3.63) is 89.4 Å². The lowest BCUT2D eigenvalue weighted by Gasteiger charge is -2.26. The Hall–Kier alpha value is -3.54. The second-order valence-corrected chi connectivity index (χ2v) is 9.35. The molecule has 34 heavy (non-hydrogen) atoms. The van der Waals surface area contributed by atoms with Crippen molar-refractivity contribution < 1.29 is 13.6 Å². The molecular formula is C28H27F2N3O. The first kappa shape index (κ1) is 22.3. The first-order valence-corrected chi connectivity index (χ1v) is 11.7. The van der Waals surface area contributed by atoms with Crippen molar-refractivity contribution in [2.45, 2.75) is 45.7 Å². The SMILES string of the molecule is CC(C)C(=O)NC1CCc2c(c3cc(-c4ccc(F)nc4)ccc3n2Cc2cccc(F)c2)C1. The van der Waals surface area contributed by atoms with E-state index in [0.29, 0.717) is 6.54 Å². The standard InChI is InChI=1S/C28H27F2N3O/c1-17(2)28(34)32-22-8-10-26-24(14-22)23-13-19(20-7-11-27(30)31-15-20)6-9-25(23)33(26)16-18-4-3-5-21(29)12-18/h3-7,9,11-13,15,17,22H,8,10,14,16H2,1-2H3,(H,32,34). The zero-order chi connectivity index (χ0) is 23.8.